The van der Waals surface area contributed by atoms with Crippen LogP contribution in [0.5, 0.6) is 11.5 Å². The Bertz CT molecular complexity index is 821. The summed E-state index contributed by atoms with van der Waals surface area (Å²) in [6.07, 6.45) is 0. The molecule has 0 aliphatic carbocycles. The highest BCUT2D eigenvalue weighted by Crippen LogP contribution is 2.33. The van der Waals surface area contributed by atoms with Gasteiger partial charge in [-0.3, -0.25) is 0 Å². The van der Waals surface area contributed by atoms with Crippen LogP contribution in [-0.2, 0) is 5.75 Å². The highest BCUT2D eigenvalue weighted by Gasteiger charge is 2.12. The fourth-order valence-electron chi connectivity index (χ4n) is 2.08. The van der Waals surface area contributed by atoms with Crippen molar-refractivity contribution in [1.29, 1.82) is 0 Å². The quantitative estimate of drug-likeness (QED) is 0.547. The van der Waals surface area contributed by atoms with Crippen LogP contribution in [0.3, 0.4) is 0 Å². The van der Waals surface area contributed by atoms with E-state index in [1.54, 1.807) is 14.2 Å². The monoisotopic (exact) mass is 406 g/mol. The Hall–Kier alpha value is -1.99. The van der Waals surface area contributed by atoms with E-state index in [2.05, 4.69) is 38.3 Å². The molecule has 0 radical (unpaired) electrons. The summed E-state index contributed by atoms with van der Waals surface area (Å²) in [5, 5.41) is 8.72. The molecular formula is C17H15BrN2O3S. The molecule has 5 nitrogen and oxygen atoms in total. The molecule has 0 bridgehead atoms. The summed E-state index contributed by atoms with van der Waals surface area (Å²) in [6, 6.07) is 13.6. The van der Waals surface area contributed by atoms with E-state index in [-0.39, 0.29) is 0 Å². The number of rotatable bonds is 6. The van der Waals surface area contributed by atoms with Gasteiger partial charge in [0.1, 0.15) is 0 Å². The van der Waals surface area contributed by atoms with Gasteiger partial charge in [-0.1, -0.05) is 39.8 Å². The lowest BCUT2D eigenvalue weighted by molar-refractivity contribution is 0.355. The van der Waals surface area contributed by atoms with Crippen LogP contribution in [0.15, 0.2) is 56.6 Å². The molecule has 24 heavy (non-hydrogen) atoms. The highest BCUT2D eigenvalue weighted by molar-refractivity contribution is 9.10. The third-order valence-electron chi connectivity index (χ3n) is 3.31. The summed E-state index contributed by atoms with van der Waals surface area (Å²) in [4.78, 5) is 0. The summed E-state index contributed by atoms with van der Waals surface area (Å²) >= 11 is 4.93. The number of ether oxygens (including phenoxy) is 2. The Morgan fingerprint density at radius 3 is 2.46 bits per heavy atom. The van der Waals surface area contributed by atoms with Gasteiger partial charge in [-0.05, 0) is 35.9 Å². The number of methoxy groups -OCH3 is 2. The van der Waals surface area contributed by atoms with E-state index in [0.29, 0.717) is 22.6 Å². The van der Waals surface area contributed by atoms with Gasteiger partial charge in [0.25, 0.3) is 5.22 Å². The molecule has 0 atom stereocenters. The fraction of sp³-hybridized carbons (Fsp3) is 0.176. The zero-order valence-electron chi connectivity index (χ0n) is 13.2. The average molecular weight is 407 g/mol. The smallest absolute Gasteiger partial charge is 0.277 e. The molecule has 0 fully saturated rings. The van der Waals surface area contributed by atoms with Crippen molar-refractivity contribution in [2.45, 2.75) is 11.0 Å². The topological polar surface area (TPSA) is 57.4 Å². The van der Waals surface area contributed by atoms with Crippen LogP contribution >= 0.6 is 27.7 Å². The number of thioether (sulfide) groups is 1. The normalized spacial score (nSPS) is 10.6. The lowest BCUT2D eigenvalue weighted by Gasteiger charge is -2.07. The van der Waals surface area contributed by atoms with Crippen LogP contribution in [0.2, 0.25) is 0 Å². The summed E-state index contributed by atoms with van der Waals surface area (Å²) in [7, 11) is 3.19. The second-order valence-corrected chi connectivity index (χ2v) is 6.70. The van der Waals surface area contributed by atoms with Crippen molar-refractivity contribution in [2.75, 3.05) is 14.2 Å². The summed E-state index contributed by atoms with van der Waals surface area (Å²) < 4.78 is 17.3. The zero-order valence-corrected chi connectivity index (χ0v) is 15.6. The predicted octanol–water partition coefficient (Wildman–Crippen LogP) is 4.81. The molecule has 124 valence electrons. The van der Waals surface area contributed by atoms with Gasteiger partial charge in [-0.2, -0.15) is 0 Å². The number of hydrogen-bond donors (Lipinski definition) is 0. The average Bonchev–Trinajstić information content (AvgIpc) is 3.09. The van der Waals surface area contributed by atoms with Crippen molar-refractivity contribution in [3.05, 3.63) is 52.5 Å². The largest absolute Gasteiger partial charge is 0.493 e. The second kappa shape index (κ2) is 7.72. The van der Waals surface area contributed by atoms with E-state index in [0.717, 1.165) is 15.8 Å². The molecular weight excluding hydrogens is 392 g/mol. The van der Waals surface area contributed by atoms with Crippen molar-refractivity contribution in [2.24, 2.45) is 0 Å². The first-order chi connectivity index (χ1) is 11.7. The maximum atomic E-state index is 5.72. The van der Waals surface area contributed by atoms with Crippen molar-refractivity contribution < 1.29 is 13.9 Å². The van der Waals surface area contributed by atoms with Crippen LogP contribution in [0.4, 0.5) is 0 Å². The first-order valence-corrected chi connectivity index (χ1v) is 8.90. The summed E-state index contributed by atoms with van der Waals surface area (Å²) in [6.45, 7) is 0. The molecule has 0 aliphatic heterocycles. The molecule has 0 spiro atoms. The van der Waals surface area contributed by atoms with Crippen LogP contribution in [0.1, 0.15) is 5.56 Å². The molecule has 3 aromatic rings. The first kappa shape index (κ1) is 16.9. The number of aromatic nitrogens is 2. The highest BCUT2D eigenvalue weighted by atomic mass is 79.9. The van der Waals surface area contributed by atoms with Crippen LogP contribution in [0.25, 0.3) is 11.5 Å². The van der Waals surface area contributed by atoms with Crippen molar-refractivity contribution in [1.82, 2.24) is 10.2 Å². The van der Waals surface area contributed by atoms with Gasteiger partial charge in [-0.25, -0.2) is 0 Å². The van der Waals surface area contributed by atoms with Crippen molar-refractivity contribution in [3.63, 3.8) is 0 Å². The van der Waals surface area contributed by atoms with Gasteiger partial charge >= 0.3 is 0 Å². The van der Waals surface area contributed by atoms with E-state index >= 15 is 0 Å². The van der Waals surface area contributed by atoms with E-state index in [4.69, 9.17) is 13.9 Å². The number of nitrogens with zero attached hydrogens (tertiary/aromatic N) is 2. The molecule has 0 saturated heterocycles. The Kier molecular flexibility index (Phi) is 5.42. The first-order valence-electron chi connectivity index (χ1n) is 7.12. The van der Waals surface area contributed by atoms with Crippen molar-refractivity contribution in [3.8, 4) is 23.0 Å². The zero-order chi connectivity index (χ0) is 16.9. The van der Waals surface area contributed by atoms with Crippen LogP contribution < -0.4 is 9.47 Å². The molecule has 0 unspecified atom stereocenters. The minimum absolute atomic E-state index is 0.453. The predicted molar refractivity (Wildman–Crippen MR) is 96.5 cm³/mol. The lowest BCUT2D eigenvalue weighted by Crippen LogP contribution is -1.90. The summed E-state index contributed by atoms with van der Waals surface area (Å²) in [5.74, 6) is 2.50. The van der Waals surface area contributed by atoms with E-state index in [1.165, 1.54) is 17.3 Å². The molecule has 2 aromatic carbocycles. The third-order valence-corrected chi connectivity index (χ3v) is 4.73. The SMILES string of the molecule is COc1ccc(-c2nnc(SCc3ccc(Br)cc3)o2)cc1OC. The molecule has 1 aromatic heterocycles. The number of halogens is 1. The Labute approximate surface area is 152 Å². The maximum absolute atomic E-state index is 5.72. The minimum Gasteiger partial charge on any atom is -0.493 e. The van der Waals surface area contributed by atoms with Gasteiger partial charge in [0, 0.05) is 15.8 Å². The van der Waals surface area contributed by atoms with Gasteiger partial charge in [-0.15, -0.1) is 10.2 Å². The number of benzene rings is 2. The van der Waals surface area contributed by atoms with Crippen LogP contribution in [-0.4, -0.2) is 24.4 Å². The third kappa shape index (κ3) is 3.91. The Balaban J connectivity index is 1.72. The van der Waals surface area contributed by atoms with Gasteiger partial charge in [0.05, 0.1) is 14.2 Å². The molecule has 0 aliphatic rings. The second-order valence-electron chi connectivity index (χ2n) is 4.86. The fourth-order valence-corrected chi connectivity index (χ4v) is 3.06. The van der Waals surface area contributed by atoms with Gasteiger partial charge in [0.2, 0.25) is 5.89 Å². The Morgan fingerprint density at radius 2 is 1.75 bits per heavy atom. The molecule has 1 heterocycles. The number of hydrogen-bond acceptors (Lipinski definition) is 6. The molecule has 0 N–H and O–H groups in total. The molecule has 3 rings (SSSR count). The standard InChI is InChI=1S/C17H15BrN2O3S/c1-21-14-8-5-12(9-15(14)22-2)16-19-20-17(23-16)24-10-11-3-6-13(18)7-4-11/h3-9H,10H2,1-2H3. The van der Waals surface area contributed by atoms with Gasteiger partial charge < -0.3 is 13.9 Å². The Morgan fingerprint density at radius 1 is 1.00 bits per heavy atom. The molecule has 0 saturated carbocycles. The minimum atomic E-state index is 0.453. The molecule has 0 amide bonds. The van der Waals surface area contributed by atoms with E-state index in [9.17, 15) is 0 Å². The van der Waals surface area contributed by atoms with E-state index in [1.807, 2.05) is 30.3 Å². The lowest BCUT2D eigenvalue weighted by atomic mass is 10.2. The van der Waals surface area contributed by atoms with E-state index < -0.39 is 0 Å². The van der Waals surface area contributed by atoms with Crippen molar-refractivity contribution >= 4 is 27.7 Å². The van der Waals surface area contributed by atoms with Crippen LogP contribution in [0, 0.1) is 0 Å². The molecule has 7 heteroatoms. The summed E-state index contributed by atoms with van der Waals surface area (Å²) in [5.41, 5.74) is 1.98. The maximum Gasteiger partial charge on any atom is 0.277 e. The van der Waals surface area contributed by atoms with Gasteiger partial charge in [0.15, 0.2) is 11.5 Å².